The SMILES string of the molecule is CCC1(C)NC(=O)N(NC(=O)CSc2nnc(C3CC3)o2)C1=O. The Kier molecular flexibility index (Phi) is 4.00. The molecule has 1 aromatic rings. The zero-order chi connectivity index (χ0) is 16.6. The van der Waals surface area contributed by atoms with E-state index in [1.54, 1.807) is 13.8 Å². The topological polar surface area (TPSA) is 117 Å². The van der Waals surface area contributed by atoms with Crippen molar-refractivity contribution >= 4 is 29.6 Å². The second kappa shape index (κ2) is 5.84. The van der Waals surface area contributed by atoms with E-state index in [0.29, 0.717) is 23.5 Å². The first-order valence-electron chi connectivity index (χ1n) is 7.35. The van der Waals surface area contributed by atoms with Gasteiger partial charge in [-0.1, -0.05) is 18.7 Å². The van der Waals surface area contributed by atoms with Crippen molar-refractivity contribution < 1.29 is 18.8 Å². The highest BCUT2D eigenvalue weighted by atomic mass is 32.2. The van der Waals surface area contributed by atoms with Crippen molar-refractivity contribution in [3.8, 4) is 0 Å². The molecule has 0 bridgehead atoms. The van der Waals surface area contributed by atoms with Crippen LogP contribution in [0.25, 0.3) is 0 Å². The molecule has 0 spiro atoms. The van der Waals surface area contributed by atoms with Crippen LogP contribution in [0.1, 0.15) is 44.9 Å². The maximum Gasteiger partial charge on any atom is 0.344 e. The molecular weight excluding hydrogens is 322 g/mol. The fraction of sp³-hybridized carbons (Fsp3) is 0.615. The molecule has 2 fully saturated rings. The predicted octanol–water partition coefficient (Wildman–Crippen LogP) is 0.791. The molecule has 3 rings (SSSR count). The largest absolute Gasteiger partial charge is 0.416 e. The lowest BCUT2D eigenvalue weighted by Crippen LogP contribution is -2.49. The zero-order valence-electron chi connectivity index (χ0n) is 12.8. The van der Waals surface area contributed by atoms with Crippen LogP contribution in [0.5, 0.6) is 0 Å². The molecule has 1 aromatic heterocycles. The highest BCUT2D eigenvalue weighted by molar-refractivity contribution is 7.99. The second-order valence-corrected chi connectivity index (χ2v) is 6.69. The quantitative estimate of drug-likeness (QED) is 0.581. The highest BCUT2D eigenvalue weighted by Crippen LogP contribution is 2.39. The number of nitrogens with zero attached hydrogens (tertiary/aromatic N) is 3. The molecular formula is C13H17N5O4S. The van der Waals surface area contributed by atoms with Crippen molar-refractivity contribution in [2.24, 2.45) is 0 Å². The van der Waals surface area contributed by atoms with Gasteiger partial charge in [0, 0.05) is 5.92 Å². The van der Waals surface area contributed by atoms with Crippen LogP contribution in [0.2, 0.25) is 0 Å². The number of rotatable bonds is 6. The molecule has 0 aromatic carbocycles. The molecule has 10 heteroatoms. The number of hydrazine groups is 1. The third-order valence-electron chi connectivity index (χ3n) is 3.88. The number of hydrogen-bond donors (Lipinski definition) is 2. The third-order valence-corrected chi connectivity index (χ3v) is 4.70. The summed E-state index contributed by atoms with van der Waals surface area (Å²) < 4.78 is 5.42. The van der Waals surface area contributed by atoms with Crippen LogP contribution in [0.4, 0.5) is 4.79 Å². The summed E-state index contributed by atoms with van der Waals surface area (Å²) in [6, 6.07) is -0.633. The maximum absolute atomic E-state index is 12.1. The van der Waals surface area contributed by atoms with Gasteiger partial charge < -0.3 is 9.73 Å². The first-order chi connectivity index (χ1) is 10.9. The maximum atomic E-state index is 12.1. The lowest BCUT2D eigenvalue weighted by Gasteiger charge is -2.19. The van der Waals surface area contributed by atoms with Crippen LogP contribution >= 0.6 is 11.8 Å². The first kappa shape index (κ1) is 15.8. The van der Waals surface area contributed by atoms with Crippen LogP contribution in [0.15, 0.2) is 9.64 Å². The number of hydrogen-bond acceptors (Lipinski definition) is 7. The molecule has 1 atom stereocenters. The fourth-order valence-corrected chi connectivity index (χ4v) is 2.65. The smallest absolute Gasteiger partial charge is 0.344 e. The van der Waals surface area contributed by atoms with Gasteiger partial charge in [-0.2, -0.15) is 5.01 Å². The minimum Gasteiger partial charge on any atom is -0.416 e. The monoisotopic (exact) mass is 339 g/mol. The average Bonchev–Trinajstić information content (AvgIpc) is 3.23. The van der Waals surface area contributed by atoms with Crippen molar-refractivity contribution in [2.75, 3.05) is 5.75 Å². The Bertz CT molecular complexity index is 659. The van der Waals surface area contributed by atoms with E-state index in [4.69, 9.17) is 4.42 Å². The van der Waals surface area contributed by atoms with Gasteiger partial charge in [0.05, 0.1) is 5.75 Å². The summed E-state index contributed by atoms with van der Waals surface area (Å²) in [6.45, 7) is 3.40. The summed E-state index contributed by atoms with van der Waals surface area (Å²) >= 11 is 1.06. The number of carbonyl (C=O) groups excluding carboxylic acids is 3. The van der Waals surface area contributed by atoms with Gasteiger partial charge >= 0.3 is 6.03 Å². The van der Waals surface area contributed by atoms with Gasteiger partial charge in [-0.15, -0.1) is 10.2 Å². The van der Waals surface area contributed by atoms with E-state index in [2.05, 4.69) is 20.9 Å². The molecule has 2 heterocycles. The van der Waals surface area contributed by atoms with Gasteiger partial charge in [0.1, 0.15) is 5.54 Å². The van der Waals surface area contributed by atoms with Crippen molar-refractivity contribution in [3.05, 3.63) is 5.89 Å². The Hall–Kier alpha value is -2.10. The van der Waals surface area contributed by atoms with E-state index < -0.39 is 23.4 Å². The van der Waals surface area contributed by atoms with E-state index in [1.165, 1.54) is 0 Å². The van der Waals surface area contributed by atoms with Crippen molar-refractivity contribution in [2.45, 2.75) is 49.8 Å². The molecule has 2 aliphatic rings. The van der Waals surface area contributed by atoms with Crippen molar-refractivity contribution in [3.63, 3.8) is 0 Å². The van der Waals surface area contributed by atoms with E-state index in [0.717, 1.165) is 29.6 Å². The lowest BCUT2D eigenvalue weighted by molar-refractivity contribution is -0.137. The normalized spacial score (nSPS) is 24.0. The van der Waals surface area contributed by atoms with E-state index in [1.807, 2.05) is 0 Å². The van der Waals surface area contributed by atoms with E-state index in [-0.39, 0.29) is 5.75 Å². The highest BCUT2D eigenvalue weighted by Gasteiger charge is 2.47. The van der Waals surface area contributed by atoms with E-state index in [9.17, 15) is 14.4 Å². The number of amides is 4. The molecule has 4 amide bonds. The number of urea groups is 1. The Morgan fingerprint density at radius 1 is 1.48 bits per heavy atom. The van der Waals surface area contributed by atoms with Gasteiger partial charge in [0.15, 0.2) is 0 Å². The minimum absolute atomic E-state index is 0.0355. The number of nitrogens with one attached hydrogen (secondary N) is 2. The molecule has 2 N–H and O–H groups in total. The Labute approximate surface area is 136 Å². The van der Waals surface area contributed by atoms with Crippen molar-refractivity contribution in [1.82, 2.24) is 25.9 Å². The predicted molar refractivity (Wildman–Crippen MR) is 79.2 cm³/mol. The molecule has 1 saturated heterocycles. The molecule has 1 aliphatic heterocycles. The standard InChI is InChI=1S/C13H17N5O4S/c1-3-13(2)10(20)18(11(21)14-13)17-8(19)6-23-12-16-15-9(22-12)7-4-5-7/h7H,3-6H2,1-2H3,(H,14,21)(H,17,19). The van der Waals surface area contributed by atoms with E-state index >= 15 is 0 Å². The molecule has 9 nitrogen and oxygen atoms in total. The van der Waals surface area contributed by atoms with Crippen LogP contribution in [-0.4, -0.2) is 44.3 Å². The summed E-state index contributed by atoms with van der Waals surface area (Å²) in [5.74, 6) is -0.0575. The first-order valence-corrected chi connectivity index (χ1v) is 8.34. The van der Waals surface area contributed by atoms with Gasteiger partial charge in [-0.25, -0.2) is 4.79 Å². The molecule has 1 unspecified atom stereocenters. The number of thioether (sulfide) groups is 1. The Balaban J connectivity index is 1.52. The Morgan fingerprint density at radius 2 is 2.22 bits per heavy atom. The van der Waals surface area contributed by atoms with Crippen LogP contribution in [0, 0.1) is 0 Å². The second-order valence-electron chi connectivity index (χ2n) is 5.76. The van der Waals surface area contributed by atoms with Gasteiger partial charge in [0.2, 0.25) is 11.8 Å². The number of aromatic nitrogens is 2. The summed E-state index contributed by atoms with van der Waals surface area (Å²) in [5, 5.41) is 11.3. The summed E-state index contributed by atoms with van der Waals surface area (Å²) in [5.41, 5.74) is 1.32. The number of imide groups is 1. The fourth-order valence-electron chi connectivity index (χ4n) is 2.08. The molecule has 124 valence electrons. The molecule has 0 radical (unpaired) electrons. The van der Waals surface area contributed by atoms with Crippen LogP contribution in [0.3, 0.4) is 0 Å². The molecule has 1 aliphatic carbocycles. The summed E-state index contributed by atoms with van der Waals surface area (Å²) in [4.78, 5) is 35.8. The van der Waals surface area contributed by atoms with Crippen LogP contribution in [-0.2, 0) is 9.59 Å². The lowest BCUT2D eigenvalue weighted by atomic mass is 10.00. The van der Waals surface area contributed by atoms with Crippen molar-refractivity contribution in [1.29, 1.82) is 0 Å². The minimum atomic E-state index is -0.983. The number of carbonyl (C=O) groups is 3. The zero-order valence-corrected chi connectivity index (χ0v) is 13.6. The van der Waals surface area contributed by atoms with Gasteiger partial charge in [-0.3, -0.25) is 15.0 Å². The van der Waals surface area contributed by atoms with Gasteiger partial charge in [-0.05, 0) is 26.2 Å². The summed E-state index contributed by atoms with van der Waals surface area (Å²) in [6.07, 6.45) is 2.54. The Morgan fingerprint density at radius 3 is 2.83 bits per heavy atom. The third kappa shape index (κ3) is 3.16. The molecule has 23 heavy (non-hydrogen) atoms. The molecule has 1 saturated carbocycles. The average molecular weight is 339 g/mol. The summed E-state index contributed by atoms with van der Waals surface area (Å²) in [7, 11) is 0. The van der Waals surface area contributed by atoms with Crippen LogP contribution < -0.4 is 10.7 Å². The van der Waals surface area contributed by atoms with Gasteiger partial charge in [0.25, 0.3) is 11.1 Å².